The molecule has 0 aliphatic heterocycles. The molecule has 0 saturated heterocycles. The third kappa shape index (κ3) is 4.24. The lowest BCUT2D eigenvalue weighted by atomic mass is 10.2. The molecule has 0 fully saturated rings. The lowest BCUT2D eigenvalue weighted by Crippen LogP contribution is -1.95. The van der Waals surface area contributed by atoms with Crippen molar-refractivity contribution in [3.63, 3.8) is 0 Å². The summed E-state index contributed by atoms with van der Waals surface area (Å²) in [6, 6.07) is 14.0. The topological polar surface area (TPSA) is 12.0 Å². The van der Waals surface area contributed by atoms with Crippen LogP contribution in [0.15, 0.2) is 42.5 Å². The third-order valence-electron chi connectivity index (χ3n) is 2.59. The van der Waals surface area contributed by atoms with Crippen LogP contribution in [0.5, 0.6) is 0 Å². The van der Waals surface area contributed by atoms with Crippen LogP contribution < -0.4 is 5.32 Å². The highest BCUT2D eigenvalue weighted by atomic mass is 35.5. The summed E-state index contributed by atoms with van der Waals surface area (Å²) < 4.78 is 0. The van der Waals surface area contributed by atoms with Gasteiger partial charge in [-0.15, -0.1) is 0 Å². The van der Waals surface area contributed by atoms with E-state index in [1.165, 1.54) is 19.3 Å². The fourth-order valence-corrected chi connectivity index (χ4v) is 2.76. The van der Waals surface area contributed by atoms with Crippen LogP contribution in [0.2, 0.25) is 10.0 Å². The second kappa shape index (κ2) is 6.96. The highest BCUT2D eigenvalue weighted by molar-refractivity contribution is 7.39. The van der Waals surface area contributed by atoms with E-state index in [1.54, 1.807) is 6.07 Å². The molecule has 4 heteroatoms. The van der Waals surface area contributed by atoms with E-state index in [-0.39, 0.29) is 0 Å². The Morgan fingerprint density at radius 3 is 2.74 bits per heavy atom. The van der Waals surface area contributed by atoms with Gasteiger partial charge in [-0.3, -0.25) is 0 Å². The molecule has 2 aromatic rings. The molecule has 0 bridgehead atoms. The van der Waals surface area contributed by atoms with Gasteiger partial charge in [-0.1, -0.05) is 67.3 Å². The van der Waals surface area contributed by atoms with Crippen molar-refractivity contribution in [1.29, 1.82) is 0 Å². The van der Waals surface area contributed by atoms with Gasteiger partial charge in [-0.2, -0.15) is 0 Å². The molecule has 0 radical (unpaired) electrons. The maximum Gasteiger partial charge on any atom is 0.0823 e. The first kappa shape index (κ1) is 14.4. The second-order valence-corrected chi connectivity index (χ2v) is 5.89. The SMILES string of the molecule is Cc1cccc(C=PCNc2cccc(Cl)c2Cl)c1. The summed E-state index contributed by atoms with van der Waals surface area (Å²) in [6.07, 6.45) is 0.800. The van der Waals surface area contributed by atoms with Gasteiger partial charge in [-0.25, -0.2) is 0 Å². The van der Waals surface area contributed by atoms with Crippen molar-refractivity contribution in [3.8, 4) is 0 Å². The number of halogens is 2. The summed E-state index contributed by atoms with van der Waals surface area (Å²) in [7, 11) is 1.19. The van der Waals surface area contributed by atoms with Crippen LogP contribution in [0.4, 0.5) is 5.69 Å². The van der Waals surface area contributed by atoms with Crippen molar-refractivity contribution < 1.29 is 0 Å². The molecular weight excluding hydrogens is 296 g/mol. The van der Waals surface area contributed by atoms with E-state index in [0.717, 1.165) is 12.0 Å². The van der Waals surface area contributed by atoms with Crippen molar-refractivity contribution in [3.05, 3.63) is 63.6 Å². The second-order valence-electron chi connectivity index (χ2n) is 4.16. The minimum atomic E-state index is 0.575. The van der Waals surface area contributed by atoms with Gasteiger partial charge in [0.1, 0.15) is 0 Å². The number of rotatable bonds is 4. The molecule has 1 nitrogen and oxygen atoms in total. The average molecular weight is 310 g/mol. The third-order valence-corrected chi connectivity index (χ3v) is 4.24. The Hall–Kier alpha value is -1.01. The molecule has 1 N–H and O–H groups in total. The molecule has 0 unspecified atom stereocenters. The van der Waals surface area contributed by atoms with Crippen LogP contribution in [0.3, 0.4) is 0 Å². The number of aryl methyl sites for hydroxylation is 1. The maximum absolute atomic E-state index is 6.10. The Morgan fingerprint density at radius 1 is 1.16 bits per heavy atom. The Labute approximate surface area is 125 Å². The van der Waals surface area contributed by atoms with E-state index in [0.29, 0.717) is 10.0 Å². The van der Waals surface area contributed by atoms with Crippen LogP contribution >= 0.6 is 31.4 Å². The zero-order valence-corrected chi connectivity index (χ0v) is 12.9. The minimum Gasteiger partial charge on any atom is -0.376 e. The minimum absolute atomic E-state index is 0.575. The normalized spacial score (nSPS) is 10.9. The molecule has 0 aliphatic carbocycles. The van der Waals surface area contributed by atoms with E-state index in [2.05, 4.69) is 42.3 Å². The van der Waals surface area contributed by atoms with Gasteiger partial charge in [0, 0.05) is 0 Å². The Kier molecular flexibility index (Phi) is 5.27. The zero-order chi connectivity index (χ0) is 13.7. The summed E-state index contributed by atoms with van der Waals surface area (Å²) in [6.45, 7) is 2.10. The van der Waals surface area contributed by atoms with Gasteiger partial charge < -0.3 is 5.32 Å². The molecule has 0 saturated carbocycles. The summed E-state index contributed by atoms with van der Waals surface area (Å²) in [5.41, 5.74) is 3.38. The predicted molar refractivity (Wildman–Crippen MR) is 88.2 cm³/mol. The highest BCUT2D eigenvalue weighted by Crippen LogP contribution is 2.29. The summed E-state index contributed by atoms with van der Waals surface area (Å²) >= 11 is 12.1. The maximum atomic E-state index is 6.10. The average Bonchev–Trinajstić information content (AvgIpc) is 2.39. The fourth-order valence-electron chi connectivity index (χ4n) is 1.67. The Balaban J connectivity index is 1.95. The molecule has 0 aliphatic rings. The standard InChI is InChI=1S/C15H14Cl2NP/c1-11-4-2-5-12(8-11)9-19-10-18-14-7-3-6-13(16)15(14)17/h2-9,18H,10H2,1H3. The van der Waals surface area contributed by atoms with E-state index in [9.17, 15) is 0 Å². The van der Waals surface area contributed by atoms with Crippen molar-refractivity contribution in [2.45, 2.75) is 6.92 Å². The van der Waals surface area contributed by atoms with Crippen molar-refractivity contribution in [2.24, 2.45) is 0 Å². The predicted octanol–water partition coefficient (Wildman–Crippen LogP) is 5.47. The van der Waals surface area contributed by atoms with Crippen molar-refractivity contribution in [2.75, 3.05) is 11.6 Å². The summed E-state index contributed by atoms with van der Waals surface area (Å²) in [5, 5.41) is 4.43. The van der Waals surface area contributed by atoms with E-state index in [4.69, 9.17) is 23.2 Å². The van der Waals surface area contributed by atoms with Crippen LogP contribution in [-0.4, -0.2) is 12.1 Å². The molecule has 2 rings (SSSR count). The largest absolute Gasteiger partial charge is 0.376 e. The Morgan fingerprint density at radius 2 is 1.95 bits per heavy atom. The van der Waals surface area contributed by atoms with E-state index < -0.39 is 0 Å². The molecule has 0 spiro atoms. The lowest BCUT2D eigenvalue weighted by Gasteiger charge is -2.06. The Bertz CT molecular complexity index is 596. The van der Waals surface area contributed by atoms with Gasteiger partial charge in [0.2, 0.25) is 0 Å². The van der Waals surface area contributed by atoms with Crippen LogP contribution in [0.25, 0.3) is 0 Å². The molecule has 19 heavy (non-hydrogen) atoms. The number of nitrogens with one attached hydrogen (secondary N) is 1. The molecule has 2 aromatic carbocycles. The highest BCUT2D eigenvalue weighted by Gasteiger charge is 2.01. The number of benzene rings is 2. The first-order valence-corrected chi connectivity index (χ1v) is 7.81. The van der Waals surface area contributed by atoms with Crippen molar-refractivity contribution >= 4 is 42.9 Å². The van der Waals surface area contributed by atoms with Gasteiger partial charge in [0.15, 0.2) is 0 Å². The van der Waals surface area contributed by atoms with Crippen LogP contribution in [0.1, 0.15) is 11.1 Å². The summed E-state index contributed by atoms with van der Waals surface area (Å²) in [4.78, 5) is 0. The first-order chi connectivity index (χ1) is 9.16. The molecule has 0 atom stereocenters. The molecular formula is C15H14Cl2NP. The number of hydrogen-bond donors (Lipinski definition) is 1. The molecule has 98 valence electrons. The zero-order valence-electron chi connectivity index (χ0n) is 10.5. The van der Waals surface area contributed by atoms with Crippen molar-refractivity contribution in [1.82, 2.24) is 0 Å². The molecule has 0 aromatic heterocycles. The smallest absolute Gasteiger partial charge is 0.0823 e. The van der Waals surface area contributed by atoms with E-state index >= 15 is 0 Å². The number of anilines is 1. The van der Waals surface area contributed by atoms with Gasteiger partial charge in [0.05, 0.1) is 22.0 Å². The first-order valence-electron chi connectivity index (χ1n) is 5.91. The summed E-state index contributed by atoms with van der Waals surface area (Å²) in [5.74, 6) is 2.18. The lowest BCUT2D eigenvalue weighted by molar-refractivity contribution is 1.46. The monoisotopic (exact) mass is 309 g/mol. The molecule has 0 heterocycles. The fraction of sp³-hybridized carbons (Fsp3) is 0.133. The van der Waals surface area contributed by atoms with Crippen LogP contribution in [0, 0.1) is 6.92 Å². The van der Waals surface area contributed by atoms with E-state index in [1.807, 2.05) is 12.1 Å². The number of hydrogen-bond acceptors (Lipinski definition) is 1. The van der Waals surface area contributed by atoms with Gasteiger partial charge >= 0.3 is 0 Å². The van der Waals surface area contributed by atoms with Gasteiger partial charge in [-0.05, 0) is 30.4 Å². The molecule has 0 amide bonds. The van der Waals surface area contributed by atoms with Gasteiger partial charge in [0.25, 0.3) is 0 Å². The quantitative estimate of drug-likeness (QED) is 0.739. The van der Waals surface area contributed by atoms with Crippen LogP contribution in [-0.2, 0) is 0 Å².